The van der Waals surface area contributed by atoms with Gasteiger partial charge in [-0.2, -0.15) is 0 Å². The molecule has 2 heteroatoms. The van der Waals surface area contributed by atoms with E-state index in [2.05, 4.69) is 54.4 Å². The summed E-state index contributed by atoms with van der Waals surface area (Å²) in [5.74, 6) is 0. The van der Waals surface area contributed by atoms with Gasteiger partial charge in [0.25, 0.3) is 0 Å². The van der Waals surface area contributed by atoms with Crippen LogP contribution in [0.25, 0.3) is 0 Å². The van der Waals surface area contributed by atoms with Gasteiger partial charge in [-0.25, -0.2) is 0 Å². The van der Waals surface area contributed by atoms with Crippen molar-refractivity contribution in [2.24, 2.45) is 0 Å². The van der Waals surface area contributed by atoms with Gasteiger partial charge in [-0.05, 0) is 44.4 Å². The maximum Gasteiger partial charge on any atom is 0.0366 e. The molecule has 1 aromatic rings. The van der Waals surface area contributed by atoms with E-state index in [4.69, 9.17) is 0 Å². The molecular weight excluding hydrogens is 220 g/mol. The van der Waals surface area contributed by atoms with Gasteiger partial charge in [0.1, 0.15) is 0 Å². The van der Waals surface area contributed by atoms with Crippen LogP contribution in [0, 0.1) is 0 Å². The van der Waals surface area contributed by atoms with Crippen LogP contribution in [0.4, 0.5) is 5.69 Å². The number of hydrogen-bond acceptors (Lipinski definition) is 2. The third kappa shape index (κ3) is 3.88. The monoisotopic (exact) mass is 244 g/mol. The fourth-order valence-corrected chi connectivity index (χ4v) is 2.29. The third-order valence-corrected chi connectivity index (χ3v) is 3.39. The van der Waals surface area contributed by atoms with Crippen molar-refractivity contribution in [3.05, 3.63) is 41.5 Å². The zero-order chi connectivity index (χ0) is 12.8. The van der Waals surface area contributed by atoms with Crippen molar-refractivity contribution >= 4 is 5.69 Å². The summed E-state index contributed by atoms with van der Waals surface area (Å²) < 4.78 is 0. The predicted molar refractivity (Wildman–Crippen MR) is 79.0 cm³/mol. The van der Waals surface area contributed by atoms with Crippen LogP contribution >= 0.6 is 0 Å². The smallest absolute Gasteiger partial charge is 0.0366 e. The maximum absolute atomic E-state index is 3.43. The topological polar surface area (TPSA) is 15.3 Å². The van der Waals surface area contributed by atoms with Gasteiger partial charge < -0.3 is 10.2 Å². The lowest BCUT2D eigenvalue weighted by molar-refractivity contribution is 0.757. The third-order valence-electron chi connectivity index (χ3n) is 3.39. The molecule has 1 fully saturated rings. The summed E-state index contributed by atoms with van der Waals surface area (Å²) in [5, 5.41) is 3.43. The lowest BCUT2D eigenvalue weighted by Gasteiger charge is -2.17. The highest BCUT2D eigenvalue weighted by atomic mass is 15.1. The molecule has 1 aliphatic rings. The van der Waals surface area contributed by atoms with Gasteiger partial charge >= 0.3 is 0 Å². The molecule has 2 rings (SSSR count). The normalized spacial score (nSPS) is 14.9. The zero-order valence-corrected chi connectivity index (χ0v) is 11.6. The average Bonchev–Trinajstić information content (AvgIpc) is 2.89. The Balaban J connectivity index is 1.82. The van der Waals surface area contributed by atoms with Crippen molar-refractivity contribution in [2.75, 3.05) is 24.5 Å². The average molecular weight is 244 g/mol. The van der Waals surface area contributed by atoms with E-state index in [1.54, 1.807) is 0 Å². The first-order valence-corrected chi connectivity index (χ1v) is 6.94. The molecule has 98 valence electrons. The zero-order valence-electron chi connectivity index (χ0n) is 11.6. The van der Waals surface area contributed by atoms with Crippen LogP contribution in [-0.2, 0) is 6.54 Å². The van der Waals surface area contributed by atoms with Crippen LogP contribution in [0.1, 0.15) is 32.3 Å². The summed E-state index contributed by atoms with van der Waals surface area (Å²) in [6.45, 7) is 8.61. The lowest BCUT2D eigenvalue weighted by Crippen LogP contribution is -2.17. The lowest BCUT2D eigenvalue weighted by atomic mass is 10.2. The Morgan fingerprint density at radius 1 is 1.17 bits per heavy atom. The highest BCUT2D eigenvalue weighted by Crippen LogP contribution is 2.20. The van der Waals surface area contributed by atoms with Crippen LogP contribution in [0.15, 0.2) is 35.9 Å². The van der Waals surface area contributed by atoms with Crippen LogP contribution in [0.5, 0.6) is 0 Å². The van der Waals surface area contributed by atoms with Gasteiger partial charge in [-0.1, -0.05) is 23.8 Å². The number of rotatable bonds is 5. The Kier molecular flexibility index (Phi) is 4.82. The molecule has 1 saturated heterocycles. The highest BCUT2D eigenvalue weighted by Gasteiger charge is 2.11. The Morgan fingerprint density at radius 2 is 1.83 bits per heavy atom. The second-order valence-electron chi connectivity index (χ2n) is 5.27. The Labute approximate surface area is 111 Å². The Hall–Kier alpha value is -1.28. The Bertz CT molecular complexity index is 382. The van der Waals surface area contributed by atoms with E-state index < -0.39 is 0 Å². The van der Waals surface area contributed by atoms with Gasteiger partial charge in [0.2, 0.25) is 0 Å². The highest BCUT2D eigenvalue weighted by molar-refractivity contribution is 5.48. The minimum Gasteiger partial charge on any atom is -0.372 e. The minimum absolute atomic E-state index is 0.948. The van der Waals surface area contributed by atoms with E-state index in [0.29, 0.717) is 0 Å². The number of nitrogens with zero attached hydrogens (tertiary/aromatic N) is 1. The molecule has 0 unspecified atom stereocenters. The molecule has 0 spiro atoms. The van der Waals surface area contributed by atoms with Gasteiger partial charge in [0.15, 0.2) is 0 Å². The first kappa shape index (κ1) is 13.2. The quantitative estimate of drug-likeness (QED) is 0.631. The van der Waals surface area contributed by atoms with E-state index in [1.165, 1.54) is 42.8 Å². The first-order valence-electron chi connectivity index (χ1n) is 6.94. The molecular formula is C16H24N2. The van der Waals surface area contributed by atoms with Crippen LogP contribution in [0.2, 0.25) is 0 Å². The minimum atomic E-state index is 0.948. The molecule has 0 atom stereocenters. The fourth-order valence-electron chi connectivity index (χ4n) is 2.29. The van der Waals surface area contributed by atoms with Crippen molar-refractivity contribution in [2.45, 2.75) is 33.2 Å². The molecule has 1 N–H and O–H groups in total. The maximum atomic E-state index is 3.43. The second kappa shape index (κ2) is 6.60. The number of benzene rings is 1. The summed E-state index contributed by atoms with van der Waals surface area (Å²) in [6.07, 6.45) is 4.90. The SMILES string of the molecule is CC(C)=CCNCc1ccc(N2CCCC2)cc1. The van der Waals surface area contributed by atoms with Crippen molar-refractivity contribution in [1.82, 2.24) is 5.32 Å². The largest absolute Gasteiger partial charge is 0.372 e. The molecule has 0 aromatic heterocycles. The molecule has 0 amide bonds. The van der Waals surface area contributed by atoms with Gasteiger partial charge in [-0.15, -0.1) is 0 Å². The van der Waals surface area contributed by atoms with Crippen LogP contribution < -0.4 is 10.2 Å². The molecule has 18 heavy (non-hydrogen) atoms. The van der Waals surface area contributed by atoms with Crippen molar-refractivity contribution < 1.29 is 0 Å². The van der Waals surface area contributed by atoms with Crippen molar-refractivity contribution in [3.8, 4) is 0 Å². The molecule has 1 heterocycles. The summed E-state index contributed by atoms with van der Waals surface area (Å²) in [7, 11) is 0. The number of anilines is 1. The van der Waals surface area contributed by atoms with Gasteiger partial charge in [0, 0.05) is 31.9 Å². The van der Waals surface area contributed by atoms with E-state index in [0.717, 1.165) is 13.1 Å². The molecule has 0 saturated carbocycles. The standard InChI is InChI=1S/C16H24N2/c1-14(2)9-10-17-13-15-5-7-16(8-6-15)18-11-3-4-12-18/h5-9,17H,3-4,10-13H2,1-2H3. The molecule has 0 radical (unpaired) electrons. The van der Waals surface area contributed by atoms with Gasteiger partial charge in [0.05, 0.1) is 0 Å². The van der Waals surface area contributed by atoms with E-state index in [9.17, 15) is 0 Å². The fraction of sp³-hybridized carbons (Fsp3) is 0.500. The summed E-state index contributed by atoms with van der Waals surface area (Å²) in [6, 6.07) is 8.98. The van der Waals surface area contributed by atoms with Crippen molar-refractivity contribution in [1.29, 1.82) is 0 Å². The summed E-state index contributed by atoms with van der Waals surface area (Å²) >= 11 is 0. The van der Waals surface area contributed by atoms with Crippen molar-refractivity contribution in [3.63, 3.8) is 0 Å². The van der Waals surface area contributed by atoms with E-state index in [-0.39, 0.29) is 0 Å². The van der Waals surface area contributed by atoms with Crippen LogP contribution in [0.3, 0.4) is 0 Å². The molecule has 1 aromatic carbocycles. The predicted octanol–water partition coefficient (Wildman–Crippen LogP) is 3.34. The number of hydrogen-bond donors (Lipinski definition) is 1. The molecule has 1 aliphatic heterocycles. The first-order chi connectivity index (χ1) is 8.75. The molecule has 0 aliphatic carbocycles. The summed E-state index contributed by atoms with van der Waals surface area (Å²) in [4.78, 5) is 2.47. The second-order valence-corrected chi connectivity index (χ2v) is 5.27. The molecule has 2 nitrogen and oxygen atoms in total. The van der Waals surface area contributed by atoms with Crippen LogP contribution in [-0.4, -0.2) is 19.6 Å². The van der Waals surface area contributed by atoms with Gasteiger partial charge in [-0.3, -0.25) is 0 Å². The van der Waals surface area contributed by atoms with E-state index >= 15 is 0 Å². The number of nitrogens with one attached hydrogen (secondary N) is 1. The summed E-state index contributed by atoms with van der Waals surface area (Å²) in [5.41, 5.74) is 4.10. The molecule has 0 bridgehead atoms. The Morgan fingerprint density at radius 3 is 2.44 bits per heavy atom. The number of allylic oxidation sites excluding steroid dienone is 1. The van der Waals surface area contributed by atoms with E-state index in [1.807, 2.05) is 0 Å².